The largest absolute Gasteiger partial charge is 0.461 e. The summed E-state index contributed by atoms with van der Waals surface area (Å²) in [6.07, 6.45) is 2.40. The van der Waals surface area contributed by atoms with E-state index in [1.807, 2.05) is 0 Å². The molecule has 0 aliphatic heterocycles. The van der Waals surface area contributed by atoms with E-state index in [1.54, 1.807) is 24.3 Å². The molecule has 2 rings (SSSR count). The molecule has 6 nitrogen and oxygen atoms in total. The second-order valence-corrected chi connectivity index (χ2v) is 7.31. The van der Waals surface area contributed by atoms with Gasteiger partial charge in [0.15, 0.2) is 5.78 Å². The number of esters is 2. The van der Waals surface area contributed by atoms with Gasteiger partial charge in [-0.05, 0) is 24.6 Å². The molecule has 0 amide bonds. The first-order valence-corrected chi connectivity index (χ1v) is 9.16. The lowest BCUT2D eigenvalue weighted by Gasteiger charge is -2.43. The number of benzene rings is 1. The molecule has 1 saturated carbocycles. The van der Waals surface area contributed by atoms with E-state index in [4.69, 9.17) is 21.1 Å². The van der Waals surface area contributed by atoms with Crippen LogP contribution in [-0.4, -0.2) is 41.6 Å². The molecule has 0 saturated heterocycles. The molecule has 0 aromatic heterocycles. The van der Waals surface area contributed by atoms with E-state index in [0.717, 1.165) is 0 Å². The van der Waals surface area contributed by atoms with E-state index in [1.165, 1.54) is 19.1 Å². The molecule has 1 aromatic carbocycles. The number of halogens is 1. The van der Waals surface area contributed by atoms with E-state index >= 15 is 0 Å². The third-order valence-corrected chi connectivity index (χ3v) is 4.97. The maximum absolute atomic E-state index is 12.8. The van der Waals surface area contributed by atoms with E-state index in [2.05, 4.69) is 13.2 Å². The molecule has 0 heterocycles. The van der Waals surface area contributed by atoms with E-state index in [9.17, 15) is 19.5 Å². The summed E-state index contributed by atoms with van der Waals surface area (Å²) >= 11 is 5.95. The van der Waals surface area contributed by atoms with Gasteiger partial charge < -0.3 is 14.6 Å². The smallest absolute Gasteiger partial charge is 0.317 e. The predicted molar refractivity (Wildman–Crippen MR) is 104 cm³/mol. The number of Topliss-reactive ketones (excluding diaryl/α,β-unsaturated/α-hetero) is 1. The van der Waals surface area contributed by atoms with Crippen LogP contribution in [0.15, 0.2) is 49.6 Å². The van der Waals surface area contributed by atoms with Crippen LogP contribution in [-0.2, 0) is 23.9 Å². The minimum atomic E-state index is -1.70. The molecule has 0 radical (unpaired) electrons. The summed E-state index contributed by atoms with van der Waals surface area (Å²) in [5.41, 5.74) is -1.20. The van der Waals surface area contributed by atoms with Crippen LogP contribution in [0.25, 0.3) is 0 Å². The Labute approximate surface area is 168 Å². The monoisotopic (exact) mass is 406 g/mol. The van der Waals surface area contributed by atoms with Crippen molar-refractivity contribution in [1.29, 1.82) is 0 Å². The first kappa shape index (κ1) is 21.9. The zero-order valence-corrected chi connectivity index (χ0v) is 16.4. The predicted octanol–water partition coefficient (Wildman–Crippen LogP) is 2.84. The van der Waals surface area contributed by atoms with Gasteiger partial charge in [0.25, 0.3) is 0 Å². The van der Waals surface area contributed by atoms with Crippen molar-refractivity contribution in [3.63, 3.8) is 0 Å². The Balaban J connectivity index is 2.56. The van der Waals surface area contributed by atoms with E-state index in [0.29, 0.717) is 10.6 Å². The van der Waals surface area contributed by atoms with Crippen LogP contribution in [0.1, 0.15) is 24.8 Å². The number of hydrogen-bond donors (Lipinski definition) is 1. The summed E-state index contributed by atoms with van der Waals surface area (Å²) in [5.74, 6) is -5.40. The van der Waals surface area contributed by atoms with Gasteiger partial charge in [0.2, 0.25) is 0 Å². The molecular formula is C21H23ClO6. The van der Waals surface area contributed by atoms with Crippen LogP contribution in [0.3, 0.4) is 0 Å². The molecule has 4 atom stereocenters. The Hall–Kier alpha value is -2.44. The summed E-state index contributed by atoms with van der Waals surface area (Å²) in [6.45, 7) is 8.24. The molecule has 0 bridgehead atoms. The molecule has 0 spiro atoms. The van der Waals surface area contributed by atoms with E-state index < -0.39 is 41.1 Å². The fourth-order valence-electron chi connectivity index (χ4n) is 3.56. The number of rotatable bonds is 7. The van der Waals surface area contributed by atoms with Crippen LogP contribution in [0.5, 0.6) is 0 Å². The number of ketones is 1. The quantitative estimate of drug-likeness (QED) is 0.425. The van der Waals surface area contributed by atoms with Crippen molar-refractivity contribution in [2.45, 2.75) is 24.9 Å². The Morgan fingerprint density at radius 3 is 2.25 bits per heavy atom. The van der Waals surface area contributed by atoms with Gasteiger partial charge >= 0.3 is 11.9 Å². The maximum atomic E-state index is 12.8. The second-order valence-electron chi connectivity index (χ2n) is 6.87. The summed E-state index contributed by atoms with van der Waals surface area (Å²) in [7, 11) is 0. The van der Waals surface area contributed by atoms with Gasteiger partial charge in [-0.1, -0.05) is 49.0 Å². The van der Waals surface area contributed by atoms with Gasteiger partial charge in [0.1, 0.15) is 19.1 Å². The molecule has 1 aromatic rings. The zero-order chi connectivity index (χ0) is 20.9. The Bertz CT molecular complexity index is 768. The van der Waals surface area contributed by atoms with Gasteiger partial charge in [-0.15, -0.1) is 0 Å². The van der Waals surface area contributed by atoms with Gasteiger partial charge in [-0.25, -0.2) is 0 Å². The van der Waals surface area contributed by atoms with Crippen LogP contribution in [0.4, 0.5) is 0 Å². The molecule has 1 aliphatic carbocycles. The molecule has 1 fully saturated rings. The number of ether oxygens (including phenoxy) is 2. The molecule has 28 heavy (non-hydrogen) atoms. The lowest BCUT2D eigenvalue weighted by atomic mass is 9.62. The maximum Gasteiger partial charge on any atom is 0.317 e. The van der Waals surface area contributed by atoms with E-state index in [-0.39, 0.29) is 19.6 Å². The Morgan fingerprint density at radius 1 is 1.18 bits per heavy atom. The minimum Gasteiger partial charge on any atom is -0.461 e. The molecule has 150 valence electrons. The number of aliphatic hydroxyl groups is 1. The number of hydrogen-bond acceptors (Lipinski definition) is 6. The highest BCUT2D eigenvalue weighted by molar-refractivity contribution is 6.30. The highest BCUT2D eigenvalue weighted by Gasteiger charge is 2.57. The third kappa shape index (κ3) is 4.69. The van der Waals surface area contributed by atoms with Gasteiger partial charge in [0, 0.05) is 17.4 Å². The van der Waals surface area contributed by atoms with Gasteiger partial charge in [-0.2, -0.15) is 0 Å². The summed E-state index contributed by atoms with van der Waals surface area (Å²) in [5, 5.41) is 11.3. The van der Waals surface area contributed by atoms with Crippen molar-refractivity contribution < 1.29 is 29.0 Å². The topological polar surface area (TPSA) is 89.9 Å². The Kier molecular flexibility index (Phi) is 7.16. The first-order chi connectivity index (χ1) is 13.2. The summed E-state index contributed by atoms with van der Waals surface area (Å²) in [6, 6.07) is 6.40. The van der Waals surface area contributed by atoms with Crippen molar-refractivity contribution in [3.8, 4) is 0 Å². The average molecular weight is 407 g/mol. The summed E-state index contributed by atoms with van der Waals surface area (Å²) < 4.78 is 10.3. The second kappa shape index (κ2) is 9.17. The van der Waals surface area contributed by atoms with Crippen molar-refractivity contribution in [2.24, 2.45) is 11.8 Å². The van der Waals surface area contributed by atoms with Crippen LogP contribution < -0.4 is 0 Å². The zero-order valence-electron chi connectivity index (χ0n) is 15.6. The fraction of sp³-hybridized carbons (Fsp3) is 0.381. The number of carbonyl (C=O) groups excluding carboxylic acids is 3. The molecular weight excluding hydrogens is 384 g/mol. The first-order valence-electron chi connectivity index (χ1n) is 8.78. The summed E-state index contributed by atoms with van der Waals surface area (Å²) in [4.78, 5) is 38.2. The SMILES string of the molecule is C=CCOC(=O)[C@@H]1C(=O)C[C@](C)(O)[C@@H](C(=O)OCC=C)[C@H]1c1ccc(Cl)cc1. The lowest BCUT2D eigenvalue weighted by molar-refractivity contribution is -0.171. The fourth-order valence-corrected chi connectivity index (χ4v) is 3.69. The normalized spacial score (nSPS) is 27.0. The third-order valence-electron chi connectivity index (χ3n) is 4.72. The van der Waals surface area contributed by atoms with Crippen LogP contribution >= 0.6 is 11.6 Å². The highest BCUT2D eigenvalue weighted by atomic mass is 35.5. The molecule has 1 aliphatic rings. The lowest BCUT2D eigenvalue weighted by Crippen LogP contribution is -2.55. The van der Waals surface area contributed by atoms with Gasteiger partial charge in [0.05, 0.1) is 11.5 Å². The van der Waals surface area contributed by atoms with Gasteiger partial charge in [-0.3, -0.25) is 14.4 Å². The molecule has 0 unspecified atom stereocenters. The van der Waals surface area contributed by atoms with Crippen molar-refractivity contribution in [2.75, 3.05) is 13.2 Å². The minimum absolute atomic E-state index is 0.0573. The van der Waals surface area contributed by atoms with Crippen molar-refractivity contribution >= 4 is 29.3 Å². The van der Waals surface area contributed by atoms with Crippen molar-refractivity contribution in [1.82, 2.24) is 0 Å². The van der Waals surface area contributed by atoms with Crippen molar-refractivity contribution in [3.05, 3.63) is 60.2 Å². The average Bonchev–Trinajstić information content (AvgIpc) is 2.63. The number of carbonyl (C=O) groups is 3. The van der Waals surface area contributed by atoms with Crippen LogP contribution in [0.2, 0.25) is 5.02 Å². The molecule has 7 heteroatoms. The highest BCUT2D eigenvalue weighted by Crippen LogP contribution is 2.46. The molecule has 1 N–H and O–H groups in total. The van der Waals surface area contributed by atoms with Crippen LogP contribution in [0, 0.1) is 11.8 Å². The standard InChI is InChI=1S/C21H23ClO6/c1-4-10-27-19(24)17-15(23)12-21(3,26)18(20(25)28-11-5-2)16(17)13-6-8-14(22)9-7-13/h4-9,16-18,26H,1-2,10-12H2,3H3/t16-,17+,18+,21-/m0/s1. The Morgan fingerprint density at radius 2 is 1.71 bits per heavy atom.